The molecule has 0 aromatic carbocycles. The first-order chi connectivity index (χ1) is 5.81. The molecule has 0 saturated heterocycles. The van der Waals surface area contributed by atoms with Crippen LogP contribution in [0.4, 0.5) is 0 Å². The van der Waals surface area contributed by atoms with Gasteiger partial charge >= 0.3 is 0 Å². The molecule has 2 N–H and O–H groups in total. The van der Waals surface area contributed by atoms with Crippen molar-refractivity contribution >= 4 is 0 Å². The summed E-state index contributed by atoms with van der Waals surface area (Å²) in [4.78, 5) is 11.2. The van der Waals surface area contributed by atoms with Gasteiger partial charge in [-0.25, -0.2) is 0 Å². The summed E-state index contributed by atoms with van der Waals surface area (Å²) < 4.78 is 3.40. The van der Waals surface area contributed by atoms with E-state index >= 15 is 0 Å². The average Bonchev–Trinajstić information content (AvgIpc) is 2.15. The molecule has 0 amide bonds. The van der Waals surface area contributed by atoms with E-state index < -0.39 is 0 Å². The molecule has 4 nitrogen and oxygen atoms in total. The summed E-state index contributed by atoms with van der Waals surface area (Å²) in [6, 6.07) is 1.63. The summed E-state index contributed by atoms with van der Waals surface area (Å²) in [6.07, 6.45) is 0.708. The van der Waals surface area contributed by atoms with Crippen molar-refractivity contribution in [2.24, 2.45) is 19.8 Å². The van der Waals surface area contributed by atoms with Gasteiger partial charge in [0, 0.05) is 37.8 Å². The number of nitrogens with zero attached hydrogens (tertiary/aromatic N) is 2. The summed E-state index contributed by atoms with van der Waals surface area (Å²) in [5.41, 5.74) is 6.59. The Balaban J connectivity index is 3.04. The predicted octanol–water partition coefficient (Wildman–Crippen LogP) is 0.00360. The van der Waals surface area contributed by atoms with Gasteiger partial charge in [-0.1, -0.05) is 0 Å². The van der Waals surface area contributed by atoms with Crippen molar-refractivity contribution in [1.29, 1.82) is 0 Å². The average molecular weight is 183 g/mol. The van der Waals surface area contributed by atoms with Crippen LogP contribution in [0.1, 0.15) is 19.5 Å². The first-order valence-electron chi connectivity index (χ1n) is 4.32. The Morgan fingerprint density at radius 1 is 1.38 bits per heavy atom. The Bertz CT molecular complexity index is 354. The maximum atomic E-state index is 11.2. The van der Waals surface area contributed by atoms with Crippen LogP contribution in [0.3, 0.4) is 0 Å². The van der Waals surface area contributed by atoms with Gasteiger partial charge in [0.2, 0.25) is 0 Å². The zero-order valence-electron chi connectivity index (χ0n) is 8.66. The summed E-state index contributed by atoms with van der Waals surface area (Å²) >= 11 is 0. The number of hydrogen-bond donors (Lipinski definition) is 1. The summed E-state index contributed by atoms with van der Waals surface area (Å²) in [5, 5.41) is 0. The van der Waals surface area contributed by atoms with Gasteiger partial charge in [-0.15, -0.1) is 0 Å². The van der Waals surface area contributed by atoms with E-state index in [2.05, 4.69) is 0 Å². The SMILES string of the molecule is Cn1c(CC(C)(C)N)cc(=O)n1C. The fraction of sp³-hybridized carbons (Fsp3) is 0.667. The van der Waals surface area contributed by atoms with Crippen molar-refractivity contribution in [2.75, 3.05) is 0 Å². The smallest absolute Gasteiger partial charge is 0.266 e. The Hall–Kier alpha value is -1.03. The molecule has 0 aliphatic carbocycles. The quantitative estimate of drug-likeness (QED) is 0.702. The molecular weight excluding hydrogens is 166 g/mol. The lowest BCUT2D eigenvalue weighted by Gasteiger charge is -2.18. The lowest BCUT2D eigenvalue weighted by atomic mass is 10.0. The van der Waals surface area contributed by atoms with E-state index in [1.807, 2.05) is 25.6 Å². The molecule has 13 heavy (non-hydrogen) atoms. The van der Waals surface area contributed by atoms with Gasteiger partial charge in [0.15, 0.2) is 0 Å². The van der Waals surface area contributed by atoms with Gasteiger partial charge in [-0.3, -0.25) is 14.2 Å². The molecule has 0 bridgehead atoms. The predicted molar refractivity (Wildman–Crippen MR) is 52.6 cm³/mol. The highest BCUT2D eigenvalue weighted by atomic mass is 16.1. The van der Waals surface area contributed by atoms with E-state index in [0.717, 1.165) is 5.69 Å². The Morgan fingerprint density at radius 2 is 1.92 bits per heavy atom. The lowest BCUT2D eigenvalue weighted by Crippen LogP contribution is -2.35. The Kier molecular flexibility index (Phi) is 2.34. The Labute approximate surface area is 77.9 Å². The van der Waals surface area contributed by atoms with Gasteiger partial charge in [0.1, 0.15) is 0 Å². The van der Waals surface area contributed by atoms with Gasteiger partial charge < -0.3 is 5.73 Å². The lowest BCUT2D eigenvalue weighted by molar-refractivity contribution is 0.475. The minimum Gasteiger partial charge on any atom is -0.325 e. The van der Waals surface area contributed by atoms with E-state index in [4.69, 9.17) is 5.73 Å². The maximum Gasteiger partial charge on any atom is 0.266 e. The normalized spacial score (nSPS) is 12.1. The second-order valence-electron chi connectivity index (χ2n) is 4.19. The molecule has 1 heterocycles. The third-order valence-electron chi connectivity index (χ3n) is 2.11. The minimum atomic E-state index is -0.272. The number of hydrogen-bond acceptors (Lipinski definition) is 2. The molecule has 1 aromatic heterocycles. The third kappa shape index (κ3) is 2.21. The molecule has 1 aromatic rings. The van der Waals surface area contributed by atoms with Crippen LogP contribution in [0, 0.1) is 0 Å². The molecule has 0 aliphatic heterocycles. The number of nitrogens with two attached hydrogens (primary N) is 1. The number of rotatable bonds is 2. The first-order valence-corrected chi connectivity index (χ1v) is 4.32. The topological polar surface area (TPSA) is 52.9 Å². The summed E-state index contributed by atoms with van der Waals surface area (Å²) in [7, 11) is 3.61. The monoisotopic (exact) mass is 183 g/mol. The molecule has 0 saturated carbocycles. The standard InChI is InChI=1S/C9H17N3O/c1-9(2,10)6-7-5-8(13)12(4)11(7)3/h5H,6,10H2,1-4H3. The van der Waals surface area contributed by atoms with Gasteiger partial charge in [-0.05, 0) is 13.8 Å². The molecular formula is C9H17N3O. The van der Waals surface area contributed by atoms with Crippen molar-refractivity contribution in [2.45, 2.75) is 25.8 Å². The van der Waals surface area contributed by atoms with Crippen molar-refractivity contribution < 1.29 is 0 Å². The van der Waals surface area contributed by atoms with Crippen LogP contribution in [0.2, 0.25) is 0 Å². The highest BCUT2D eigenvalue weighted by Crippen LogP contribution is 2.07. The van der Waals surface area contributed by atoms with Crippen LogP contribution in [0.5, 0.6) is 0 Å². The van der Waals surface area contributed by atoms with Crippen molar-refractivity contribution in [3.8, 4) is 0 Å². The van der Waals surface area contributed by atoms with Crippen molar-refractivity contribution in [1.82, 2.24) is 9.36 Å². The molecule has 0 atom stereocenters. The third-order valence-corrected chi connectivity index (χ3v) is 2.11. The Morgan fingerprint density at radius 3 is 2.23 bits per heavy atom. The van der Waals surface area contributed by atoms with Crippen LogP contribution >= 0.6 is 0 Å². The molecule has 0 unspecified atom stereocenters. The molecule has 0 aliphatic rings. The van der Waals surface area contributed by atoms with Gasteiger partial charge in [0.05, 0.1) is 0 Å². The fourth-order valence-electron chi connectivity index (χ4n) is 1.30. The summed E-state index contributed by atoms with van der Waals surface area (Å²) in [5.74, 6) is 0. The second-order valence-corrected chi connectivity index (χ2v) is 4.19. The van der Waals surface area contributed by atoms with Crippen molar-refractivity contribution in [3.05, 3.63) is 22.1 Å². The van der Waals surface area contributed by atoms with E-state index in [-0.39, 0.29) is 11.1 Å². The van der Waals surface area contributed by atoms with Crippen LogP contribution < -0.4 is 11.3 Å². The molecule has 1 rings (SSSR count). The molecule has 0 spiro atoms. The zero-order valence-corrected chi connectivity index (χ0v) is 8.66. The van der Waals surface area contributed by atoms with Gasteiger partial charge in [-0.2, -0.15) is 0 Å². The minimum absolute atomic E-state index is 0.0155. The van der Waals surface area contributed by atoms with Crippen LogP contribution in [-0.4, -0.2) is 14.9 Å². The molecule has 0 radical (unpaired) electrons. The second kappa shape index (κ2) is 3.03. The van der Waals surface area contributed by atoms with Crippen LogP contribution in [0.25, 0.3) is 0 Å². The zero-order chi connectivity index (χ0) is 10.2. The van der Waals surface area contributed by atoms with Crippen LogP contribution in [0.15, 0.2) is 10.9 Å². The van der Waals surface area contributed by atoms with E-state index in [1.54, 1.807) is 17.8 Å². The highest BCUT2D eigenvalue weighted by molar-refractivity contribution is 5.05. The highest BCUT2D eigenvalue weighted by Gasteiger charge is 2.15. The van der Waals surface area contributed by atoms with Crippen LogP contribution in [-0.2, 0) is 20.5 Å². The van der Waals surface area contributed by atoms with E-state index in [1.165, 1.54) is 0 Å². The first kappa shape index (κ1) is 10.1. The van der Waals surface area contributed by atoms with Gasteiger partial charge in [0.25, 0.3) is 5.56 Å². The summed E-state index contributed by atoms with van der Waals surface area (Å²) in [6.45, 7) is 3.90. The molecule has 74 valence electrons. The van der Waals surface area contributed by atoms with Crippen molar-refractivity contribution in [3.63, 3.8) is 0 Å². The largest absolute Gasteiger partial charge is 0.325 e. The van der Waals surface area contributed by atoms with E-state index in [9.17, 15) is 4.79 Å². The number of aromatic nitrogens is 2. The fourth-order valence-corrected chi connectivity index (χ4v) is 1.30. The van der Waals surface area contributed by atoms with E-state index in [0.29, 0.717) is 6.42 Å². The molecule has 0 fully saturated rings. The molecule has 4 heteroatoms. The maximum absolute atomic E-state index is 11.2.